The van der Waals surface area contributed by atoms with E-state index in [1.165, 1.54) is 19.1 Å². The summed E-state index contributed by atoms with van der Waals surface area (Å²) in [5, 5.41) is 43.4. The molecule has 0 spiro atoms. The van der Waals surface area contributed by atoms with Crippen molar-refractivity contribution < 1.29 is 44.3 Å². The van der Waals surface area contributed by atoms with Crippen molar-refractivity contribution in [2.45, 2.75) is 31.5 Å². The SMILES string of the molecule is C=C1c2ccc(N)c(O)c2C(=O)C2=C(O)[C@]3(O)C(=O)C(C(N)=O)=C(O)C[C@@H]3[C@@H](OC(=O)CC)[C@H]12. The van der Waals surface area contributed by atoms with E-state index in [1.807, 2.05) is 0 Å². The van der Waals surface area contributed by atoms with Crippen molar-refractivity contribution in [3.63, 3.8) is 0 Å². The van der Waals surface area contributed by atoms with Gasteiger partial charge in [-0.3, -0.25) is 19.2 Å². The Morgan fingerprint density at radius 3 is 2.47 bits per heavy atom. The minimum absolute atomic E-state index is 0.101. The van der Waals surface area contributed by atoms with E-state index in [4.69, 9.17) is 16.2 Å². The molecule has 0 bridgehead atoms. The molecule has 1 aromatic rings. The number of ketones is 2. The molecule has 0 saturated carbocycles. The highest BCUT2D eigenvalue weighted by Gasteiger charge is 2.65. The third-order valence-corrected chi connectivity index (χ3v) is 6.67. The fraction of sp³-hybridized carbons (Fsp3) is 0.304. The van der Waals surface area contributed by atoms with Crippen LogP contribution < -0.4 is 11.5 Å². The molecule has 4 rings (SSSR count). The third-order valence-electron chi connectivity index (χ3n) is 6.67. The van der Waals surface area contributed by atoms with E-state index in [9.17, 15) is 39.6 Å². The molecule has 1 amide bonds. The predicted molar refractivity (Wildman–Crippen MR) is 116 cm³/mol. The highest BCUT2D eigenvalue weighted by Crippen LogP contribution is 2.55. The molecule has 0 saturated heterocycles. The monoisotopic (exact) mass is 470 g/mol. The van der Waals surface area contributed by atoms with E-state index in [1.54, 1.807) is 0 Å². The molecular formula is C23H22N2O9. The van der Waals surface area contributed by atoms with Crippen molar-refractivity contribution in [2.75, 3.05) is 5.73 Å². The van der Waals surface area contributed by atoms with E-state index in [-0.39, 0.29) is 28.8 Å². The van der Waals surface area contributed by atoms with Gasteiger partial charge in [-0.25, -0.2) is 0 Å². The van der Waals surface area contributed by atoms with Crippen LogP contribution in [0.1, 0.15) is 35.7 Å². The summed E-state index contributed by atoms with van der Waals surface area (Å²) in [7, 11) is 0. The number of hydrogen-bond donors (Lipinski definition) is 6. The lowest BCUT2D eigenvalue weighted by molar-refractivity contribution is -0.171. The van der Waals surface area contributed by atoms with Gasteiger partial charge in [-0.2, -0.15) is 0 Å². The highest BCUT2D eigenvalue weighted by molar-refractivity contribution is 6.25. The van der Waals surface area contributed by atoms with Crippen LogP contribution in [0.25, 0.3) is 5.57 Å². The normalized spacial score (nSPS) is 28.3. The Balaban J connectivity index is 2.05. The van der Waals surface area contributed by atoms with Gasteiger partial charge in [-0.1, -0.05) is 19.6 Å². The number of amides is 1. The smallest absolute Gasteiger partial charge is 0.305 e. The number of phenols is 1. The first-order chi connectivity index (χ1) is 15.9. The standard InChI is InChI=1S/C23H22N2O9/c1-3-12(27)34-19-9-6-11(26)15(22(25)32)20(30)23(9,33)21(31)16-13(19)7(2)8-4-5-10(24)17(28)14(8)18(16)29/h4-5,9,13,19,26,28,31,33H,2-3,6,24H2,1H3,(H2,25,32)/t9-,13-,19-,23-/m1/s1. The molecule has 3 aliphatic carbocycles. The Morgan fingerprint density at radius 1 is 1.24 bits per heavy atom. The molecule has 0 radical (unpaired) electrons. The first-order valence-corrected chi connectivity index (χ1v) is 10.3. The maximum atomic E-state index is 13.5. The van der Waals surface area contributed by atoms with E-state index < -0.39 is 81.8 Å². The molecule has 0 aromatic heterocycles. The van der Waals surface area contributed by atoms with Gasteiger partial charge in [0, 0.05) is 18.8 Å². The second kappa shape index (κ2) is 7.45. The van der Waals surface area contributed by atoms with Gasteiger partial charge in [0.2, 0.25) is 5.78 Å². The first kappa shape index (κ1) is 23.1. The molecule has 3 aliphatic rings. The van der Waals surface area contributed by atoms with Crippen LogP contribution in [-0.2, 0) is 19.1 Å². The Kier molecular flexibility index (Phi) is 5.05. The van der Waals surface area contributed by atoms with Crippen LogP contribution in [0.15, 0.2) is 41.4 Å². The number of fused-ring (bicyclic) bond motifs is 3. The highest BCUT2D eigenvalue weighted by atomic mass is 16.5. The Labute approximate surface area is 192 Å². The largest absolute Gasteiger partial charge is 0.511 e. The number of anilines is 1. The molecule has 4 atom stereocenters. The van der Waals surface area contributed by atoms with Gasteiger partial charge >= 0.3 is 5.97 Å². The molecule has 0 heterocycles. The van der Waals surface area contributed by atoms with Crippen molar-refractivity contribution in [1.29, 1.82) is 0 Å². The number of nitrogen functional groups attached to an aromatic ring is 1. The molecule has 8 N–H and O–H groups in total. The van der Waals surface area contributed by atoms with Crippen molar-refractivity contribution in [1.82, 2.24) is 0 Å². The first-order valence-electron chi connectivity index (χ1n) is 10.3. The second-order valence-corrected chi connectivity index (χ2v) is 8.42. The number of carbonyl (C=O) groups is 4. The maximum Gasteiger partial charge on any atom is 0.305 e. The minimum atomic E-state index is -2.93. The lowest BCUT2D eigenvalue weighted by atomic mass is 9.57. The Bertz CT molecular complexity index is 1280. The minimum Gasteiger partial charge on any atom is -0.511 e. The molecule has 0 fully saturated rings. The molecule has 178 valence electrons. The van der Waals surface area contributed by atoms with Crippen LogP contribution in [0, 0.1) is 11.8 Å². The number of benzene rings is 1. The van der Waals surface area contributed by atoms with Crippen LogP contribution in [0.2, 0.25) is 0 Å². The Morgan fingerprint density at radius 2 is 1.88 bits per heavy atom. The lowest BCUT2D eigenvalue weighted by Crippen LogP contribution is -2.62. The quantitative estimate of drug-likeness (QED) is 0.156. The number of esters is 1. The van der Waals surface area contributed by atoms with Crippen LogP contribution in [0.4, 0.5) is 5.69 Å². The number of nitrogens with two attached hydrogens (primary N) is 2. The van der Waals surface area contributed by atoms with Crippen LogP contribution >= 0.6 is 0 Å². The Hall–Kier alpha value is -4.12. The fourth-order valence-corrected chi connectivity index (χ4v) is 5.00. The molecular weight excluding hydrogens is 448 g/mol. The van der Waals surface area contributed by atoms with Gasteiger partial charge in [-0.15, -0.1) is 0 Å². The van der Waals surface area contributed by atoms with Crippen molar-refractivity contribution in [2.24, 2.45) is 17.6 Å². The summed E-state index contributed by atoms with van der Waals surface area (Å²) in [5.74, 6) is -9.71. The second-order valence-electron chi connectivity index (χ2n) is 8.42. The summed E-state index contributed by atoms with van der Waals surface area (Å²) in [6.07, 6.45) is -2.12. The zero-order valence-corrected chi connectivity index (χ0v) is 18.0. The number of carbonyl (C=O) groups excluding carboxylic acids is 4. The predicted octanol–water partition coefficient (Wildman–Crippen LogP) is 0.565. The van der Waals surface area contributed by atoms with Crippen molar-refractivity contribution in [3.8, 4) is 5.75 Å². The van der Waals surface area contributed by atoms with Gasteiger partial charge in [0.15, 0.2) is 11.4 Å². The number of hydrogen-bond acceptors (Lipinski definition) is 10. The molecule has 11 nitrogen and oxygen atoms in total. The zero-order chi connectivity index (χ0) is 25.3. The van der Waals surface area contributed by atoms with Crippen molar-refractivity contribution in [3.05, 3.63) is 52.5 Å². The number of Topliss-reactive ketones (excluding diaryl/α,β-unsaturated/α-hetero) is 2. The number of primary amides is 1. The molecule has 0 unspecified atom stereocenters. The number of allylic oxidation sites excluding steroid dienone is 1. The van der Waals surface area contributed by atoms with E-state index >= 15 is 0 Å². The maximum absolute atomic E-state index is 13.5. The topological polar surface area (TPSA) is 210 Å². The van der Waals surface area contributed by atoms with E-state index in [2.05, 4.69) is 6.58 Å². The zero-order valence-electron chi connectivity index (χ0n) is 18.0. The van der Waals surface area contributed by atoms with E-state index in [0.29, 0.717) is 0 Å². The van der Waals surface area contributed by atoms with Gasteiger partial charge < -0.3 is 36.6 Å². The number of rotatable bonds is 3. The lowest BCUT2D eigenvalue weighted by Gasteiger charge is -2.49. The molecule has 11 heteroatoms. The van der Waals surface area contributed by atoms with Crippen LogP contribution in [0.5, 0.6) is 5.75 Å². The summed E-state index contributed by atoms with van der Waals surface area (Å²) in [4.78, 5) is 50.8. The number of phenolic OH excluding ortho intramolecular Hbond substituents is 1. The van der Waals surface area contributed by atoms with Gasteiger partial charge in [0.25, 0.3) is 5.91 Å². The molecule has 0 aliphatic heterocycles. The number of aliphatic hydroxyl groups is 3. The van der Waals surface area contributed by atoms with Crippen LogP contribution in [0.3, 0.4) is 0 Å². The fourth-order valence-electron chi connectivity index (χ4n) is 5.00. The molecule has 34 heavy (non-hydrogen) atoms. The van der Waals surface area contributed by atoms with Gasteiger partial charge in [0.05, 0.1) is 22.7 Å². The van der Waals surface area contributed by atoms with Gasteiger partial charge in [0.1, 0.15) is 28.9 Å². The average Bonchev–Trinajstić information content (AvgIpc) is 2.77. The summed E-state index contributed by atoms with van der Waals surface area (Å²) in [6, 6.07) is 2.76. The summed E-state index contributed by atoms with van der Waals surface area (Å²) >= 11 is 0. The van der Waals surface area contributed by atoms with Gasteiger partial charge in [-0.05, 0) is 17.2 Å². The van der Waals surface area contributed by atoms with Crippen molar-refractivity contribution >= 4 is 34.7 Å². The average molecular weight is 470 g/mol. The summed E-state index contributed by atoms with van der Waals surface area (Å²) in [6.45, 7) is 5.45. The molecule has 1 aromatic carbocycles. The van der Waals surface area contributed by atoms with E-state index in [0.717, 1.165) is 0 Å². The summed E-state index contributed by atoms with van der Waals surface area (Å²) in [5.41, 5.74) is 6.33. The summed E-state index contributed by atoms with van der Waals surface area (Å²) < 4.78 is 5.53. The third kappa shape index (κ3) is 2.80. The number of ether oxygens (including phenoxy) is 1. The van der Waals surface area contributed by atoms with Crippen LogP contribution in [-0.4, -0.2) is 55.6 Å². The number of aromatic hydroxyl groups is 1. The number of aliphatic hydroxyl groups excluding tert-OH is 2.